The maximum absolute atomic E-state index is 13.3. The van der Waals surface area contributed by atoms with Gasteiger partial charge < -0.3 is 15.4 Å². The van der Waals surface area contributed by atoms with Gasteiger partial charge in [0.05, 0.1) is 22.4 Å². The lowest BCUT2D eigenvalue weighted by atomic mass is 9.89. The fourth-order valence-corrected chi connectivity index (χ4v) is 4.91. The molecule has 6 nitrogen and oxygen atoms in total. The third-order valence-corrected chi connectivity index (χ3v) is 7.29. The highest BCUT2D eigenvalue weighted by Gasteiger charge is 2.33. The van der Waals surface area contributed by atoms with Crippen molar-refractivity contribution in [3.8, 4) is 6.07 Å². The molecule has 2 heterocycles. The molecule has 2 fully saturated rings. The summed E-state index contributed by atoms with van der Waals surface area (Å²) in [7, 11) is 0. The lowest BCUT2D eigenvalue weighted by Crippen LogP contribution is -2.48. The number of likely N-dealkylation sites (tertiary alicyclic amines) is 1. The fourth-order valence-electron chi connectivity index (χ4n) is 4.66. The molecule has 2 aliphatic heterocycles. The average Bonchev–Trinajstić information content (AvgIpc) is 2.82. The Morgan fingerprint density at radius 1 is 1.12 bits per heavy atom. The highest BCUT2D eigenvalue weighted by Crippen LogP contribution is 2.31. The molecule has 0 aromatic heterocycles. The molecule has 4 rings (SSSR count). The SMILES string of the molecule is Cc1cc(C)c(C(=O)N2CC(c3ccc(C#N)cc3)C2)cc1C(=N)/C(Cl)=C(\N)C1CCOCC1. The number of nitrogens with two attached hydrogens (primary N) is 1. The first-order chi connectivity index (χ1) is 16.3. The summed E-state index contributed by atoms with van der Waals surface area (Å²) in [5.74, 6) is 0.319. The molecule has 0 atom stereocenters. The molecule has 2 saturated heterocycles. The van der Waals surface area contributed by atoms with Crippen LogP contribution < -0.4 is 5.73 Å². The average molecular weight is 477 g/mol. The summed E-state index contributed by atoms with van der Waals surface area (Å²) in [6, 6.07) is 13.4. The van der Waals surface area contributed by atoms with Crippen molar-refractivity contribution < 1.29 is 9.53 Å². The number of rotatable bonds is 5. The van der Waals surface area contributed by atoms with E-state index >= 15 is 0 Å². The molecule has 2 aliphatic rings. The van der Waals surface area contributed by atoms with Gasteiger partial charge in [-0.2, -0.15) is 5.26 Å². The monoisotopic (exact) mass is 476 g/mol. The van der Waals surface area contributed by atoms with Crippen molar-refractivity contribution in [2.75, 3.05) is 26.3 Å². The van der Waals surface area contributed by atoms with Gasteiger partial charge in [-0.3, -0.25) is 10.2 Å². The van der Waals surface area contributed by atoms with Crippen LogP contribution in [0.25, 0.3) is 0 Å². The number of carbonyl (C=O) groups is 1. The zero-order valence-electron chi connectivity index (χ0n) is 19.5. The molecule has 0 radical (unpaired) electrons. The maximum Gasteiger partial charge on any atom is 0.254 e. The van der Waals surface area contributed by atoms with Gasteiger partial charge in [-0.1, -0.05) is 29.8 Å². The third kappa shape index (κ3) is 4.72. The minimum atomic E-state index is -0.0473. The summed E-state index contributed by atoms with van der Waals surface area (Å²) < 4.78 is 5.40. The van der Waals surface area contributed by atoms with Crippen LogP contribution in [0, 0.1) is 36.5 Å². The summed E-state index contributed by atoms with van der Waals surface area (Å²) in [4.78, 5) is 15.1. The molecule has 2 aromatic carbocycles. The Balaban J connectivity index is 1.51. The van der Waals surface area contributed by atoms with Crippen LogP contribution in [0.1, 0.15) is 56.9 Å². The maximum atomic E-state index is 13.3. The number of nitriles is 1. The molecule has 7 heteroatoms. The molecule has 0 bridgehead atoms. The minimum absolute atomic E-state index is 0.0473. The number of ether oxygens (including phenoxy) is 1. The Morgan fingerprint density at radius 3 is 2.35 bits per heavy atom. The number of aryl methyl sites for hydroxylation is 2. The molecule has 34 heavy (non-hydrogen) atoms. The molecule has 176 valence electrons. The normalized spacial score (nSPS) is 17.5. The Labute approximate surface area is 205 Å². The predicted molar refractivity (Wildman–Crippen MR) is 133 cm³/mol. The summed E-state index contributed by atoms with van der Waals surface area (Å²) in [6.45, 7) is 6.38. The summed E-state index contributed by atoms with van der Waals surface area (Å²) in [5, 5.41) is 18.0. The van der Waals surface area contributed by atoms with Crippen molar-refractivity contribution in [1.82, 2.24) is 4.90 Å². The van der Waals surface area contributed by atoms with Gasteiger partial charge in [-0.05, 0) is 61.6 Å². The van der Waals surface area contributed by atoms with Crippen LogP contribution in [-0.2, 0) is 4.74 Å². The van der Waals surface area contributed by atoms with Crippen LogP contribution in [0.2, 0.25) is 0 Å². The summed E-state index contributed by atoms with van der Waals surface area (Å²) >= 11 is 6.58. The van der Waals surface area contributed by atoms with E-state index in [0.29, 0.717) is 48.7 Å². The van der Waals surface area contributed by atoms with Crippen molar-refractivity contribution in [2.24, 2.45) is 11.7 Å². The molecule has 0 spiro atoms. The van der Waals surface area contributed by atoms with Crippen molar-refractivity contribution in [3.05, 3.63) is 80.5 Å². The van der Waals surface area contributed by atoms with Crippen LogP contribution in [-0.4, -0.2) is 42.8 Å². The summed E-state index contributed by atoms with van der Waals surface area (Å²) in [6.07, 6.45) is 1.59. The van der Waals surface area contributed by atoms with E-state index in [1.165, 1.54) is 0 Å². The van der Waals surface area contributed by atoms with E-state index in [2.05, 4.69) is 6.07 Å². The fraction of sp³-hybridized carbons (Fsp3) is 0.370. The van der Waals surface area contributed by atoms with Crippen molar-refractivity contribution in [2.45, 2.75) is 32.6 Å². The number of hydrogen-bond acceptors (Lipinski definition) is 5. The number of allylic oxidation sites excluding steroid dienone is 2. The molecule has 0 saturated carbocycles. The number of hydrogen-bond donors (Lipinski definition) is 2. The van der Waals surface area contributed by atoms with E-state index in [9.17, 15) is 4.79 Å². The van der Waals surface area contributed by atoms with Gasteiger partial charge in [-0.25, -0.2) is 0 Å². The lowest BCUT2D eigenvalue weighted by Gasteiger charge is -2.40. The van der Waals surface area contributed by atoms with Crippen LogP contribution in [0.3, 0.4) is 0 Å². The number of halogens is 1. The van der Waals surface area contributed by atoms with Crippen molar-refractivity contribution >= 4 is 23.2 Å². The van der Waals surface area contributed by atoms with E-state index in [-0.39, 0.29) is 28.5 Å². The highest BCUT2D eigenvalue weighted by atomic mass is 35.5. The van der Waals surface area contributed by atoms with E-state index in [0.717, 1.165) is 29.5 Å². The molecular weight excluding hydrogens is 448 g/mol. The lowest BCUT2D eigenvalue weighted by molar-refractivity contribution is 0.0601. The van der Waals surface area contributed by atoms with Gasteiger partial charge >= 0.3 is 0 Å². The molecule has 2 aromatic rings. The second-order valence-electron chi connectivity index (χ2n) is 9.15. The minimum Gasteiger partial charge on any atom is -0.401 e. The quantitative estimate of drug-likeness (QED) is 0.614. The van der Waals surface area contributed by atoms with Crippen LogP contribution in [0.15, 0.2) is 47.1 Å². The number of nitrogens with zero attached hydrogens (tertiary/aromatic N) is 2. The smallest absolute Gasteiger partial charge is 0.254 e. The predicted octanol–water partition coefficient (Wildman–Crippen LogP) is 4.62. The van der Waals surface area contributed by atoms with Gasteiger partial charge in [0, 0.05) is 55.0 Å². The third-order valence-electron chi connectivity index (χ3n) is 6.89. The van der Waals surface area contributed by atoms with Crippen LogP contribution in [0.4, 0.5) is 0 Å². The number of carbonyl (C=O) groups excluding carboxylic acids is 1. The second-order valence-corrected chi connectivity index (χ2v) is 9.53. The largest absolute Gasteiger partial charge is 0.401 e. The van der Waals surface area contributed by atoms with Gasteiger partial charge in [0.25, 0.3) is 5.91 Å². The first-order valence-corrected chi connectivity index (χ1v) is 11.9. The summed E-state index contributed by atoms with van der Waals surface area (Å²) in [5.41, 5.74) is 11.7. The highest BCUT2D eigenvalue weighted by molar-refractivity contribution is 6.46. The first-order valence-electron chi connectivity index (χ1n) is 11.5. The van der Waals surface area contributed by atoms with E-state index in [1.54, 1.807) is 6.07 Å². The molecule has 1 amide bonds. The van der Waals surface area contributed by atoms with Gasteiger partial charge in [-0.15, -0.1) is 0 Å². The Morgan fingerprint density at radius 2 is 1.74 bits per heavy atom. The zero-order chi connectivity index (χ0) is 24.4. The Bertz CT molecular complexity index is 1180. The van der Waals surface area contributed by atoms with Crippen molar-refractivity contribution in [3.63, 3.8) is 0 Å². The Hall–Kier alpha value is -3.14. The molecule has 0 unspecified atom stereocenters. The zero-order valence-corrected chi connectivity index (χ0v) is 20.3. The molecule has 0 aliphatic carbocycles. The standard InChI is InChI=1S/C27H29ClN4O2/c1-16-11-17(2)23(12-22(16)26(31)24(28)25(30)20-7-9-34-10-8-20)27(33)32-14-21(15-32)19-5-3-18(13-29)4-6-19/h3-6,11-12,20-21,31H,7-10,14-15,30H2,1-2H3/b25-24+,31-26?. The van der Waals surface area contributed by atoms with Crippen LogP contribution in [0.5, 0.6) is 0 Å². The van der Waals surface area contributed by atoms with Crippen molar-refractivity contribution in [1.29, 1.82) is 10.7 Å². The number of amides is 1. The van der Waals surface area contributed by atoms with Crippen LogP contribution >= 0.6 is 11.6 Å². The molecular formula is C27H29ClN4O2. The van der Waals surface area contributed by atoms with E-state index in [1.807, 2.05) is 49.1 Å². The van der Waals surface area contributed by atoms with E-state index < -0.39 is 0 Å². The first kappa shape index (κ1) is 24.0. The van der Waals surface area contributed by atoms with Gasteiger partial charge in [0.1, 0.15) is 0 Å². The van der Waals surface area contributed by atoms with Gasteiger partial charge in [0.15, 0.2) is 0 Å². The topological polar surface area (TPSA) is 103 Å². The second kappa shape index (κ2) is 10.0. The van der Waals surface area contributed by atoms with E-state index in [4.69, 9.17) is 32.7 Å². The molecule has 3 N–H and O–H groups in total. The van der Waals surface area contributed by atoms with Gasteiger partial charge in [0.2, 0.25) is 0 Å². The number of benzene rings is 2. The number of nitrogens with one attached hydrogen (secondary N) is 1. The Kier molecular flexibility index (Phi) is 7.06.